The van der Waals surface area contributed by atoms with E-state index in [4.69, 9.17) is 11.6 Å². The maximum atomic E-state index is 11.7. The van der Waals surface area contributed by atoms with Crippen LogP contribution in [0.1, 0.15) is 30.1 Å². The topological polar surface area (TPSA) is 36.4 Å². The van der Waals surface area contributed by atoms with E-state index in [2.05, 4.69) is 11.9 Å². The van der Waals surface area contributed by atoms with Crippen molar-refractivity contribution in [3.8, 4) is 0 Å². The maximum absolute atomic E-state index is 11.7. The van der Waals surface area contributed by atoms with E-state index in [1.54, 1.807) is 30.3 Å². The number of rotatable bonds is 6. The van der Waals surface area contributed by atoms with E-state index in [-0.39, 0.29) is 11.9 Å². The molecule has 0 saturated heterocycles. The van der Waals surface area contributed by atoms with Crippen LogP contribution in [-0.4, -0.2) is 48.4 Å². The molecule has 0 N–H and O–H groups in total. The molecule has 0 bridgehead atoms. The highest BCUT2D eigenvalue weighted by molar-refractivity contribution is 7.09. The molecule has 0 radical (unpaired) electrons. The molecular weight excluding hydrogens is 270 g/mol. The van der Waals surface area contributed by atoms with Gasteiger partial charge in [-0.25, -0.2) is 4.98 Å². The Hall–Kier alpha value is -0.650. The van der Waals surface area contributed by atoms with Gasteiger partial charge >= 0.3 is 0 Å². The van der Waals surface area contributed by atoms with Gasteiger partial charge in [0.05, 0.1) is 24.2 Å². The molecule has 0 saturated carbocycles. The number of carbonyl (C=O) groups is 1. The van der Waals surface area contributed by atoms with E-state index in [0.717, 1.165) is 17.1 Å². The average molecular weight is 290 g/mol. The van der Waals surface area contributed by atoms with Crippen LogP contribution in [0.15, 0.2) is 5.38 Å². The quantitative estimate of drug-likeness (QED) is 0.754. The van der Waals surface area contributed by atoms with Gasteiger partial charge in [0.25, 0.3) is 0 Å². The summed E-state index contributed by atoms with van der Waals surface area (Å²) in [5.74, 6) is 0.540. The highest BCUT2D eigenvalue weighted by Gasteiger charge is 2.21. The highest BCUT2D eigenvalue weighted by atomic mass is 35.5. The van der Waals surface area contributed by atoms with Crippen LogP contribution in [0.3, 0.4) is 0 Å². The van der Waals surface area contributed by atoms with Gasteiger partial charge in [-0.05, 0) is 13.5 Å². The molecular formula is C12H20ClN3OS. The number of hydrogen-bond donors (Lipinski definition) is 0. The van der Waals surface area contributed by atoms with Gasteiger partial charge in [-0.15, -0.1) is 22.9 Å². The second kappa shape index (κ2) is 7.07. The number of amides is 1. The molecule has 0 spiro atoms. The number of aromatic nitrogens is 1. The van der Waals surface area contributed by atoms with Crippen LogP contribution in [0.5, 0.6) is 0 Å². The highest BCUT2D eigenvalue weighted by Crippen LogP contribution is 2.26. The summed E-state index contributed by atoms with van der Waals surface area (Å²) in [5, 5.41) is 3.01. The van der Waals surface area contributed by atoms with Gasteiger partial charge in [0, 0.05) is 19.5 Å². The van der Waals surface area contributed by atoms with Crippen LogP contribution in [0, 0.1) is 0 Å². The molecule has 1 atom stereocenters. The van der Waals surface area contributed by atoms with E-state index in [9.17, 15) is 4.79 Å². The van der Waals surface area contributed by atoms with E-state index < -0.39 is 0 Å². The van der Waals surface area contributed by atoms with Crippen molar-refractivity contribution in [2.45, 2.75) is 25.3 Å². The van der Waals surface area contributed by atoms with Crippen molar-refractivity contribution in [3.05, 3.63) is 16.1 Å². The molecule has 1 amide bonds. The van der Waals surface area contributed by atoms with Gasteiger partial charge in [-0.3, -0.25) is 9.69 Å². The fourth-order valence-electron chi connectivity index (χ4n) is 1.68. The molecule has 6 heteroatoms. The van der Waals surface area contributed by atoms with Gasteiger partial charge in [-0.1, -0.05) is 6.92 Å². The molecule has 0 aliphatic rings. The number of carbonyl (C=O) groups excluding carboxylic acids is 1. The van der Waals surface area contributed by atoms with E-state index in [0.29, 0.717) is 12.4 Å². The minimum absolute atomic E-state index is 0.102. The zero-order valence-electron chi connectivity index (χ0n) is 11.3. The molecule has 1 aromatic heterocycles. The first-order chi connectivity index (χ1) is 8.49. The lowest BCUT2D eigenvalue weighted by molar-refractivity contribution is -0.130. The minimum atomic E-state index is 0.102. The molecule has 1 aromatic rings. The number of nitrogens with zero attached hydrogens (tertiary/aromatic N) is 3. The Morgan fingerprint density at radius 1 is 1.50 bits per heavy atom. The summed E-state index contributed by atoms with van der Waals surface area (Å²) in [5.41, 5.74) is 0.905. The zero-order chi connectivity index (χ0) is 13.7. The van der Waals surface area contributed by atoms with Gasteiger partial charge in [0.1, 0.15) is 5.01 Å². The molecule has 1 unspecified atom stereocenters. The molecule has 0 fully saturated rings. The van der Waals surface area contributed by atoms with Gasteiger partial charge in [0.15, 0.2) is 0 Å². The van der Waals surface area contributed by atoms with Crippen LogP contribution < -0.4 is 0 Å². The van der Waals surface area contributed by atoms with Crippen molar-refractivity contribution in [2.24, 2.45) is 0 Å². The van der Waals surface area contributed by atoms with Crippen LogP contribution in [0.2, 0.25) is 0 Å². The predicted octanol–water partition coefficient (Wildman–Crippen LogP) is 2.35. The van der Waals surface area contributed by atoms with Crippen molar-refractivity contribution in [3.63, 3.8) is 0 Å². The largest absolute Gasteiger partial charge is 0.348 e. The summed E-state index contributed by atoms with van der Waals surface area (Å²) in [4.78, 5) is 19.9. The lowest BCUT2D eigenvalue weighted by Crippen LogP contribution is -2.36. The van der Waals surface area contributed by atoms with Gasteiger partial charge in [-0.2, -0.15) is 0 Å². The summed E-state index contributed by atoms with van der Waals surface area (Å²) in [7, 11) is 5.50. The molecule has 18 heavy (non-hydrogen) atoms. The Morgan fingerprint density at radius 3 is 2.61 bits per heavy atom. The van der Waals surface area contributed by atoms with Crippen LogP contribution >= 0.6 is 22.9 Å². The molecule has 0 aliphatic carbocycles. The second-order valence-corrected chi connectivity index (χ2v) is 5.59. The van der Waals surface area contributed by atoms with E-state index in [1.807, 2.05) is 17.3 Å². The Kier molecular flexibility index (Phi) is 6.05. The molecule has 4 nitrogen and oxygen atoms in total. The lowest BCUT2D eigenvalue weighted by atomic mass is 10.2. The SMILES string of the molecule is CCC(c1nc(CCl)cs1)N(C)CC(=O)N(C)C. The first-order valence-corrected chi connectivity index (χ1v) is 7.31. The van der Waals surface area contributed by atoms with Gasteiger partial charge in [0.2, 0.25) is 5.91 Å². The number of hydrogen-bond acceptors (Lipinski definition) is 4. The third-order valence-corrected chi connectivity index (χ3v) is 4.06. The second-order valence-electron chi connectivity index (χ2n) is 4.44. The normalized spacial score (nSPS) is 12.8. The Morgan fingerprint density at radius 2 is 2.17 bits per heavy atom. The Labute approximate surface area is 118 Å². The minimum Gasteiger partial charge on any atom is -0.348 e. The lowest BCUT2D eigenvalue weighted by Gasteiger charge is -2.26. The number of likely N-dealkylation sites (N-methyl/N-ethyl adjacent to an activating group) is 2. The van der Waals surface area contributed by atoms with E-state index >= 15 is 0 Å². The first-order valence-electron chi connectivity index (χ1n) is 5.90. The smallest absolute Gasteiger partial charge is 0.236 e. The maximum Gasteiger partial charge on any atom is 0.236 e. The summed E-state index contributed by atoms with van der Waals surface area (Å²) in [6, 6.07) is 0.177. The monoisotopic (exact) mass is 289 g/mol. The van der Waals surface area contributed by atoms with Crippen molar-refractivity contribution < 1.29 is 4.79 Å². The fourth-order valence-corrected chi connectivity index (χ4v) is 2.97. The number of alkyl halides is 1. The van der Waals surface area contributed by atoms with E-state index in [1.165, 1.54) is 0 Å². The third-order valence-electron chi connectivity index (χ3n) is 2.79. The number of halogens is 1. The van der Waals surface area contributed by atoms with Gasteiger partial charge < -0.3 is 4.90 Å². The standard InChI is InChI=1S/C12H20ClN3OS/c1-5-10(12-14-9(6-13)8-18-12)16(4)7-11(17)15(2)3/h8,10H,5-7H2,1-4H3. The molecule has 0 aliphatic heterocycles. The van der Waals surface area contributed by atoms with Crippen molar-refractivity contribution >= 4 is 28.8 Å². The fraction of sp³-hybridized carbons (Fsp3) is 0.667. The number of thiazole rings is 1. The van der Waals surface area contributed by atoms with Crippen LogP contribution in [0.4, 0.5) is 0 Å². The zero-order valence-corrected chi connectivity index (χ0v) is 12.9. The molecule has 102 valence electrons. The third kappa shape index (κ3) is 3.93. The van der Waals surface area contributed by atoms with Crippen molar-refractivity contribution in [2.75, 3.05) is 27.7 Å². The van der Waals surface area contributed by atoms with Crippen molar-refractivity contribution in [1.82, 2.24) is 14.8 Å². The average Bonchev–Trinajstić information content (AvgIpc) is 2.78. The molecule has 1 rings (SSSR count). The predicted molar refractivity (Wildman–Crippen MR) is 76.0 cm³/mol. The van der Waals surface area contributed by atoms with Crippen LogP contribution in [0.25, 0.3) is 0 Å². The summed E-state index contributed by atoms with van der Waals surface area (Å²) in [6.07, 6.45) is 0.923. The Balaban J connectivity index is 2.73. The van der Waals surface area contributed by atoms with Crippen LogP contribution in [-0.2, 0) is 10.7 Å². The molecule has 0 aromatic carbocycles. The van der Waals surface area contributed by atoms with Crippen molar-refractivity contribution in [1.29, 1.82) is 0 Å². The summed E-state index contributed by atoms with van der Waals surface area (Å²) in [6.45, 7) is 2.50. The Bertz CT molecular complexity index is 394. The molecule has 1 heterocycles. The first kappa shape index (κ1) is 15.4. The summed E-state index contributed by atoms with van der Waals surface area (Å²) < 4.78 is 0. The summed E-state index contributed by atoms with van der Waals surface area (Å²) >= 11 is 7.37.